The number of likely N-dealkylation sites (N-methyl/N-ethyl adjacent to an activating group) is 1. The van der Waals surface area contributed by atoms with Crippen LogP contribution in [0.1, 0.15) is 46.0 Å². The van der Waals surface area contributed by atoms with Crippen LogP contribution in [-0.2, 0) is 9.53 Å². The summed E-state index contributed by atoms with van der Waals surface area (Å²) in [6, 6.07) is 0.451. The van der Waals surface area contributed by atoms with Gasteiger partial charge in [-0.15, -0.1) is 0 Å². The molecule has 1 atom stereocenters. The first kappa shape index (κ1) is 16.4. The van der Waals surface area contributed by atoms with Crippen LogP contribution in [-0.4, -0.2) is 61.6 Å². The Labute approximate surface area is 118 Å². The molecular weight excluding hydrogens is 240 g/mol. The molecule has 1 rings (SSSR count). The molecule has 0 aromatic heterocycles. The highest BCUT2D eigenvalue weighted by molar-refractivity contribution is 5.75. The SMILES string of the molecule is CCCCC(C(=O)OC)N(C)C1CCN(CC)CC1. The first-order valence-corrected chi connectivity index (χ1v) is 7.66. The lowest BCUT2D eigenvalue weighted by Crippen LogP contribution is -2.50. The molecule has 0 bridgehead atoms. The third kappa shape index (κ3) is 4.77. The average molecular weight is 270 g/mol. The number of unbranched alkanes of at least 4 members (excludes halogenated alkanes) is 1. The summed E-state index contributed by atoms with van der Waals surface area (Å²) in [6.07, 6.45) is 5.43. The highest BCUT2D eigenvalue weighted by atomic mass is 16.5. The molecule has 1 fully saturated rings. The lowest BCUT2D eigenvalue weighted by molar-refractivity contribution is -0.148. The number of ether oxygens (including phenoxy) is 1. The van der Waals surface area contributed by atoms with E-state index in [2.05, 4.69) is 30.7 Å². The normalized spacial score (nSPS) is 19.6. The minimum Gasteiger partial charge on any atom is -0.468 e. The van der Waals surface area contributed by atoms with Crippen molar-refractivity contribution >= 4 is 5.97 Å². The van der Waals surface area contributed by atoms with Gasteiger partial charge in [0.05, 0.1) is 7.11 Å². The fourth-order valence-electron chi connectivity index (χ4n) is 2.92. The van der Waals surface area contributed by atoms with Gasteiger partial charge in [0.25, 0.3) is 0 Å². The maximum Gasteiger partial charge on any atom is 0.323 e. The van der Waals surface area contributed by atoms with Crippen molar-refractivity contribution in [1.29, 1.82) is 0 Å². The van der Waals surface area contributed by atoms with Gasteiger partial charge in [-0.05, 0) is 45.9 Å². The molecule has 4 nitrogen and oxygen atoms in total. The molecule has 112 valence electrons. The average Bonchev–Trinajstić information content (AvgIpc) is 2.47. The van der Waals surface area contributed by atoms with Crippen molar-refractivity contribution in [1.82, 2.24) is 9.80 Å². The van der Waals surface area contributed by atoms with E-state index < -0.39 is 0 Å². The van der Waals surface area contributed by atoms with Gasteiger partial charge in [0.1, 0.15) is 6.04 Å². The zero-order chi connectivity index (χ0) is 14.3. The molecule has 0 aromatic rings. The van der Waals surface area contributed by atoms with Crippen LogP contribution in [0.25, 0.3) is 0 Å². The van der Waals surface area contributed by atoms with Gasteiger partial charge in [0.15, 0.2) is 0 Å². The third-order valence-corrected chi connectivity index (χ3v) is 4.38. The molecule has 1 saturated heterocycles. The highest BCUT2D eigenvalue weighted by Gasteiger charge is 2.30. The van der Waals surface area contributed by atoms with Crippen LogP contribution in [0.3, 0.4) is 0 Å². The Balaban J connectivity index is 2.55. The Kier molecular flexibility index (Phi) is 7.39. The van der Waals surface area contributed by atoms with E-state index in [9.17, 15) is 4.79 Å². The lowest BCUT2D eigenvalue weighted by atomic mass is 9.99. The predicted molar refractivity (Wildman–Crippen MR) is 78.2 cm³/mol. The van der Waals surface area contributed by atoms with Gasteiger partial charge in [0.2, 0.25) is 0 Å². The molecule has 1 heterocycles. The predicted octanol–water partition coefficient (Wildman–Crippen LogP) is 2.13. The van der Waals surface area contributed by atoms with E-state index in [1.54, 1.807) is 0 Å². The quantitative estimate of drug-likeness (QED) is 0.664. The Morgan fingerprint density at radius 1 is 1.37 bits per heavy atom. The third-order valence-electron chi connectivity index (χ3n) is 4.38. The van der Waals surface area contributed by atoms with Crippen molar-refractivity contribution < 1.29 is 9.53 Å². The summed E-state index contributed by atoms with van der Waals surface area (Å²) in [4.78, 5) is 16.7. The van der Waals surface area contributed by atoms with E-state index in [-0.39, 0.29) is 12.0 Å². The molecule has 1 unspecified atom stereocenters. The molecule has 0 radical (unpaired) electrons. The van der Waals surface area contributed by atoms with Gasteiger partial charge in [-0.3, -0.25) is 9.69 Å². The first-order valence-electron chi connectivity index (χ1n) is 7.66. The Hall–Kier alpha value is -0.610. The number of carbonyl (C=O) groups is 1. The molecule has 19 heavy (non-hydrogen) atoms. The Bertz CT molecular complexity index is 263. The topological polar surface area (TPSA) is 32.8 Å². The monoisotopic (exact) mass is 270 g/mol. The van der Waals surface area contributed by atoms with Crippen molar-refractivity contribution in [2.45, 2.75) is 58.0 Å². The zero-order valence-electron chi connectivity index (χ0n) is 13.0. The molecule has 0 N–H and O–H groups in total. The number of methoxy groups -OCH3 is 1. The summed E-state index contributed by atoms with van der Waals surface area (Å²) in [6.45, 7) is 7.80. The second kappa shape index (κ2) is 8.54. The van der Waals surface area contributed by atoms with Crippen molar-refractivity contribution in [2.75, 3.05) is 33.8 Å². The van der Waals surface area contributed by atoms with Crippen LogP contribution in [0.5, 0.6) is 0 Å². The van der Waals surface area contributed by atoms with Gasteiger partial charge in [-0.1, -0.05) is 26.7 Å². The zero-order valence-corrected chi connectivity index (χ0v) is 13.0. The van der Waals surface area contributed by atoms with E-state index in [4.69, 9.17) is 4.74 Å². The number of carbonyl (C=O) groups excluding carboxylic acids is 1. The van der Waals surface area contributed by atoms with E-state index in [0.29, 0.717) is 6.04 Å². The van der Waals surface area contributed by atoms with E-state index in [1.165, 1.54) is 7.11 Å². The van der Waals surface area contributed by atoms with E-state index in [0.717, 1.165) is 51.7 Å². The smallest absolute Gasteiger partial charge is 0.323 e. The minimum absolute atomic E-state index is 0.0665. The fraction of sp³-hybridized carbons (Fsp3) is 0.933. The summed E-state index contributed by atoms with van der Waals surface area (Å²) in [5.74, 6) is -0.0751. The van der Waals surface area contributed by atoms with Crippen LogP contribution >= 0.6 is 0 Å². The molecule has 1 aliphatic rings. The highest BCUT2D eigenvalue weighted by Crippen LogP contribution is 2.20. The molecule has 0 spiro atoms. The standard InChI is InChI=1S/C15H30N2O2/c1-5-7-8-14(15(18)19-4)16(3)13-9-11-17(6-2)12-10-13/h13-14H,5-12H2,1-4H3. The van der Waals surface area contributed by atoms with Crippen LogP contribution in [0.15, 0.2) is 0 Å². The Morgan fingerprint density at radius 2 is 2.00 bits per heavy atom. The van der Waals surface area contributed by atoms with Gasteiger partial charge < -0.3 is 9.64 Å². The van der Waals surface area contributed by atoms with Gasteiger partial charge in [-0.25, -0.2) is 0 Å². The van der Waals surface area contributed by atoms with Crippen LogP contribution < -0.4 is 0 Å². The van der Waals surface area contributed by atoms with Crippen molar-refractivity contribution in [3.63, 3.8) is 0 Å². The maximum atomic E-state index is 11.9. The molecule has 4 heteroatoms. The number of hydrogen-bond donors (Lipinski definition) is 0. The van der Waals surface area contributed by atoms with Crippen molar-refractivity contribution in [3.8, 4) is 0 Å². The molecule has 1 aliphatic heterocycles. The number of esters is 1. The second-order valence-corrected chi connectivity index (χ2v) is 5.51. The number of piperidine rings is 1. The van der Waals surface area contributed by atoms with Crippen LogP contribution in [0.2, 0.25) is 0 Å². The summed E-state index contributed by atoms with van der Waals surface area (Å²) >= 11 is 0. The molecule has 0 aromatic carbocycles. The number of rotatable bonds is 7. The molecular formula is C15H30N2O2. The largest absolute Gasteiger partial charge is 0.468 e. The maximum absolute atomic E-state index is 11.9. The first-order chi connectivity index (χ1) is 9.13. The van der Waals surface area contributed by atoms with Crippen LogP contribution in [0.4, 0.5) is 0 Å². The number of likely N-dealkylation sites (tertiary alicyclic amines) is 1. The molecule has 0 aliphatic carbocycles. The summed E-state index contributed by atoms with van der Waals surface area (Å²) in [5.41, 5.74) is 0. The van der Waals surface area contributed by atoms with Crippen molar-refractivity contribution in [2.24, 2.45) is 0 Å². The lowest BCUT2D eigenvalue weighted by Gasteiger charge is -2.39. The molecule has 0 saturated carbocycles. The second-order valence-electron chi connectivity index (χ2n) is 5.51. The van der Waals surface area contributed by atoms with E-state index in [1.807, 2.05) is 0 Å². The van der Waals surface area contributed by atoms with Gasteiger partial charge in [-0.2, -0.15) is 0 Å². The fourth-order valence-corrected chi connectivity index (χ4v) is 2.92. The number of hydrogen-bond acceptors (Lipinski definition) is 4. The Morgan fingerprint density at radius 3 is 2.47 bits per heavy atom. The minimum atomic E-state index is -0.0751. The summed E-state index contributed by atoms with van der Waals surface area (Å²) in [7, 11) is 3.58. The van der Waals surface area contributed by atoms with Crippen molar-refractivity contribution in [3.05, 3.63) is 0 Å². The van der Waals surface area contributed by atoms with E-state index >= 15 is 0 Å². The molecule has 0 amide bonds. The summed E-state index contributed by atoms with van der Waals surface area (Å²) in [5, 5.41) is 0. The summed E-state index contributed by atoms with van der Waals surface area (Å²) < 4.78 is 4.97. The van der Waals surface area contributed by atoms with Gasteiger partial charge >= 0.3 is 5.97 Å². The van der Waals surface area contributed by atoms with Crippen LogP contribution in [0, 0.1) is 0 Å². The number of nitrogens with zero attached hydrogens (tertiary/aromatic N) is 2. The van der Waals surface area contributed by atoms with Gasteiger partial charge in [0, 0.05) is 6.04 Å².